The van der Waals surface area contributed by atoms with E-state index in [1.807, 2.05) is 30.3 Å². The number of H-pyrrole nitrogens is 1. The van der Waals surface area contributed by atoms with E-state index in [-0.39, 0.29) is 0 Å². The van der Waals surface area contributed by atoms with Gasteiger partial charge in [-0.1, -0.05) is 65.8 Å². The van der Waals surface area contributed by atoms with Gasteiger partial charge in [0.15, 0.2) is 0 Å². The highest BCUT2D eigenvalue weighted by Crippen LogP contribution is 2.29. The molecule has 0 saturated carbocycles. The second kappa shape index (κ2) is 5.57. The third-order valence-corrected chi connectivity index (χ3v) is 4.08. The molecule has 0 fully saturated rings. The smallest absolute Gasteiger partial charge is 0.105 e. The van der Waals surface area contributed by atoms with Crippen molar-refractivity contribution in [3.63, 3.8) is 0 Å². The lowest BCUT2D eigenvalue weighted by Gasteiger charge is -2.08. The second-order valence-electron chi connectivity index (χ2n) is 4.63. The fourth-order valence-electron chi connectivity index (χ4n) is 2.23. The van der Waals surface area contributed by atoms with Crippen molar-refractivity contribution >= 4 is 46.3 Å². The van der Waals surface area contributed by atoms with Gasteiger partial charge in [-0.15, -0.1) is 0 Å². The summed E-state index contributed by atoms with van der Waals surface area (Å²) in [6.07, 6.45) is 0.779. The van der Waals surface area contributed by atoms with Crippen LogP contribution in [-0.2, 0) is 6.42 Å². The van der Waals surface area contributed by atoms with E-state index in [1.165, 1.54) is 5.56 Å². The second-order valence-corrected chi connectivity index (χ2v) is 5.89. The molecule has 0 unspecified atom stereocenters. The Morgan fingerprint density at radius 1 is 0.950 bits per heavy atom. The first-order chi connectivity index (χ1) is 9.63. The Labute approximate surface area is 132 Å². The van der Waals surface area contributed by atoms with Gasteiger partial charge < -0.3 is 4.98 Å². The average molecular weight is 320 g/mol. The molecule has 0 amide bonds. The molecule has 0 bridgehead atoms. The van der Waals surface area contributed by atoms with Gasteiger partial charge >= 0.3 is 0 Å². The van der Waals surface area contributed by atoms with E-state index < -0.39 is 0 Å². The number of halogens is 2. The summed E-state index contributed by atoms with van der Waals surface area (Å²) in [6, 6.07) is 15.9. The van der Waals surface area contributed by atoms with Crippen LogP contribution in [-0.4, -0.2) is 4.98 Å². The first-order valence-corrected chi connectivity index (χ1v) is 7.35. The predicted octanol–water partition coefficient (Wildman–Crippen LogP) is 5.79. The maximum Gasteiger partial charge on any atom is 0.105 e. The van der Waals surface area contributed by atoms with Crippen molar-refractivity contribution < 1.29 is 0 Å². The zero-order valence-electron chi connectivity index (χ0n) is 10.5. The molecule has 100 valence electrons. The molecule has 0 saturated heterocycles. The van der Waals surface area contributed by atoms with Gasteiger partial charge in [-0.3, -0.25) is 0 Å². The van der Waals surface area contributed by atoms with Crippen LogP contribution in [0.2, 0.25) is 10.0 Å². The molecule has 3 aromatic rings. The van der Waals surface area contributed by atoms with Crippen LogP contribution in [0, 0.1) is 4.64 Å². The van der Waals surface area contributed by atoms with Crippen LogP contribution >= 0.6 is 35.4 Å². The number of pyridine rings is 1. The molecule has 1 nitrogen and oxygen atoms in total. The first kappa shape index (κ1) is 13.6. The van der Waals surface area contributed by atoms with Crippen molar-refractivity contribution in [3.8, 4) is 0 Å². The average Bonchev–Trinajstić information content (AvgIpc) is 2.41. The number of rotatable bonds is 2. The molecule has 0 aliphatic heterocycles. The lowest BCUT2D eigenvalue weighted by atomic mass is 10.0. The predicted molar refractivity (Wildman–Crippen MR) is 88.4 cm³/mol. The van der Waals surface area contributed by atoms with Crippen LogP contribution in [0.15, 0.2) is 48.5 Å². The molecule has 1 heterocycles. The summed E-state index contributed by atoms with van der Waals surface area (Å²) in [7, 11) is 0. The fourth-order valence-corrected chi connectivity index (χ4v) is 3.02. The van der Waals surface area contributed by atoms with Gasteiger partial charge in [0.1, 0.15) is 4.64 Å². The molecule has 1 aromatic heterocycles. The van der Waals surface area contributed by atoms with Gasteiger partial charge in [-0.25, -0.2) is 0 Å². The summed E-state index contributed by atoms with van der Waals surface area (Å²) in [5.74, 6) is 0. The molecular weight excluding hydrogens is 309 g/mol. The Morgan fingerprint density at radius 3 is 2.45 bits per heavy atom. The maximum absolute atomic E-state index is 6.36. The Bertz CT molecular complexity index is 825. The number of aromatic nitrogens is 1. The summed E-state index contributed by atoms with van der Waals surface area (Å²) < 4.78 is 0.606. The van der Waals surface area contributed by atoms with Gasteiger partial charge in [0, 0.05) is 15.9 Å². The zero-order chi connectivity index (χ0) is 14.1. The van der Waals surface area contributed by atoms with Gasteiger partial charge in [0.25, 0.3) is 0 Å². The van der Waals surface area contributed by atoms with Crippen LogP contribution in [0.25, 0.3) is 10.9 Å². The monoisotopic (exact) mass is 319 g/mol. The van der Waals surface area contributed by atoms with Crippen molar-refractivity contribution in [2.45, 2.75) is 6.42 Å². The summed E-state index contributed by atoms with van der Waals surface area (Å²) >= 11 is 17.7. The fraction of sp³-hybridized carbons (Fsp3) is 0.0625. The largest absolute Gasteiger partial charge is 0.346 e. The third-order valence-electron chi connectivity index (χ3n) is 3.20. The topological polar surface area (TPSA) is 15.8 Å². The SMILES string of the molecule is S=c1cc(Cl)c2cc(Cc3ccccc3)c(Cl)cc2[nH]1. The molecule has 0 atom stereocenters. The summed E-state index contributed by atoms with van der Waals surface area (Å²) in [5, 5.41) is 2.31. The zero-order valence-corrected chi connectivity index (χ0v) is 12.8. The van der Waals surface area contributed by atoms with E-state index in [4.69, 9.17) is 35.4 Å². The molecule has 4 heteroatoms. The van der Waals surface area contributed by atoms with Crippen molar-refractivity contribution in [1.82, 2.24) is 4.98 Å². The lowest BCUT2D eigenvalue weighted by molar-refractivity contribution is 1.20. The lowest BCUT2D eigenvalue weighted by Crippen LogP contribution is -1.91. The van der Waals surface area contributed by atoms with E-state index in [1.54, 1.807) is 6.07 Å². The van der Waals surface area contributed by atoms with E-state index >= 15 is 0 Å². The molecule has 1 N–H and O–H groups in total. The standard InChI is InChI=1S/C16H11Cl2NS/c17-13-8-15-12(14(18)9-16(20)19-15)7-11(13)6-10-4-2-1-3-5-10/h1-5,7-9H,6H2,(H,19,20). The first-order valence-electron chi connectivity index (χ1n) is 6.18. The Kier molecular flexibility index (Phi) is 3.79. The molecule has 3 rings (SSSR count). The highest BCUT2D eigenvalue weighted by molar-refractivity contribution is 7.71. The number of benzene rings is 2. The van der Waals surface area contributed by atoms with Crippen LogP contribution in [0.1, 0.15) is 11.1 Å². The number of fused-ring (bicyclic) bond motifs is 1. The minimum Gasteiger partial charge on any atom is -0.346 e. The molecule has 0 aliphatic carbocycles. The third kappa shape index (κ3) is 2.73. The molecule has 0 radical (unpaired) electrons. The van der Waals surface area contributed by atoms with Gasteiger partial charge in [0.05, 0.1) is 5.02 Å². The molecule has 0 spiro atoms. The highest BCUT2D eigenvalue weighted by Gasteiger charge is 2.07. The van der Waals surface area contributed by atoms with E-state index in [9.17, 15) is 0 Å². The normalized spacial score (nSPS) is 10.9. The Balaban J connectivity index is 2.12. The number of aromatic amines is 1. The number of hydrogen-bond acceptors (Lipinski definition) is 1. The molecular formula is C16H11Cl2NS. The molecule has 2 aromatic carbocycles. The number of nitrogens with one attached hydrogen (secondary N) is 1. The minimum absolute atomic E-state index is 0.606. The quantitative estimate of drug-likeness (QED) is 0.590. The van der Waals surface area contributed by atoms with E-state index in [2.05, 4.69) is 17.1 Å². The van der Waals surface area contributed by atoms with Crippen molar-refractivity contribution in [1.29, 1.82) is 0 Å². The van der Waals surface area contributed by atoms with E-state index in [0.29, 0.717) is 14.7 Å². The Hall–Kier alpha value is -1.35. The summed E-state index contributed by atoms with van der Waals surface area (Å²) in [5.41, 5.74) is 3.14. The van der Waals surface area contributed by atoms with Crippen molar-refractivity contribution in [3.05, 3.63) is 74.3 Å². The minimum atomic E-state index is 0.606. The van der Waals surface area contributed by atoms with Gasteiger partial charge in [-0.2, -0.15) is 0 Å². The molecule has 20 heavy (non-hydrogen) atoms. The van der Waals surface area contributed by atoms with E-state index in [0.717, 1.165) is 22.9 Å². The van der Waals surface area contributed by atoms with Crippen molar-refractivity contribution in [2.75, 3.05) is 0 Å². The molecule has 0 aliphatic rings. The number of hydrogen-bond donors (Lipinski definition) is 1. The van der Waals surface area contributed by atoms with Crippen LogP contribution < -0.4 is 0 Å². The van der Waals surface area contributed by atoms with Gasteiger partial charge in [0.2, 0.25) is 0 Å². The highest BCUT2D eigenvalue weighted by atomic mass is 35.5. The van der Waals surface area contributed by atoms with Crippen LogP contribution in [0.3, 0.4) is 0 Å². The Morgan fingerprint density at radius 2 is 1.70 bits per heavy atom. The van der Waals surface area contributed by atoms with Crippen LogP contribution in [0.4, 0.5) is 0 Å². The van der Waals surface area contributed by atoms with Gasteiger partial charge in [-0.05, 0) is 35.7 Å². The summed E-state index contributed by atoms with van der Waals surface area (Å²) in [4.78, 5) is 3.11. The van der Waals surface area contributed by atoms with Crippen LogP contribution in [0.5, 0.6) is 0 Å². The van der Waals surface area contributed by atoms with Crippen molar-refractivity contribution in [2.24, 2.45) is 0 Å². The maximum atomic E-state index is 6.36. The summed E-state index contributed by atoms with van der Waals surface area (Å²) in [6.45, 7) is 0.